The number of carboxylic acids is 1. The second kappa shape index (κ2) is 5.90. The van der Waals surface area contributed by atoms with Gasteiger partial charge in [-0.3, -0.25) is 9.78 Å². The molecule has 0 unspecified atom stereocenters. The number of aromatic nitrogens is 1. The zero-order chi connectivity index (χ0) is 14.6. The van der Waals surface area contributed by atoms with E-state index >= 15 is 0 Å². The lowest BCUT2D eigenvalue weighted by Gasteiger charge is -2.24. The Morgan fingerprint density at radius 1 is 1.35 bits per heavy atom. The number of carbonyl (C=O) groups is 2. The van der Waals surface area contributed by atoms with E-state index in [9.17, 15) is 14.7 Å². The number of aryl methyl sites for hydroxylation is 1. The molecule has 6 heteroatoms. The minimum absolute atomic E-state index is 0.160. The normalized spacial score (nSPS) is 16.6. The molecule has 1 aromatic rings. The molecule has 0 spiro atoms. The molecule has 108 valence electrons. The lowest BCUT2D eigenvalue weighted by atomic mass is 9.86. The smallest absolute Gasteiger partial charge is 0.319 e. The van der Waals surface area contributed by atoms with E-state index in [2.05, 4.69) is 15.6 Å². The minimum atomic E-state index is -0.826. The lowest BCUT2D eigenvalue weighted by molar-refractivity contribution is -0.148. The van der Waals surface area contributed by atoms with Crippen molar-refractivity contribution in [1.82, 2.24) is 10.3 Å². The molecule has 1 saturated carbocycles. The summed E-state index contributed by atoms with van der Waals surface area (Å²) < 4.78 is 0. The van der Waals surface area contributed by atoms with Gasteiger partial charge in [-0.2, -0.15) is 0 Å². The van der Waals surface area contributed by atoms with Crippen LogP contribution in [0.4, 0.5) is 10.5 Å². The van der Waals surface area contributed by atoms with Crippen molar-refractivity contribution in [3.63, 3.8) is 0 Å². The second-order valence-electron chi connectivity index (χ2n) is 5.35. The first kappa shape index (κ1) is 14.3. The van der Waals surface area contributed by atoms with Crippen LogP contribution in [0.5, 0.6) is 0 Å². The molecule has 0 atom stereocenters. The van der Waals surface area contributed by atoms with Gasteiger partial charge >= 0.3 is 12.0 Å². The molecule has 0 aromatic carbocycles. The predicted octanol–water partition coefficient (Wildman–Crippen LogP) is 2.16. The summed E-state index contributed by atoms with van der Waals surface area (Å²) in [6.45, 7) is 2.04. The van der Waals surface area contributed by atoms with Gasteiger partial charge in [0.1, 0.15) is 0 Å². The van der Waals surface area contributed by atoms with Crippen LogP contribution in [0.1, 0.15) is 31.2 Å². The van der Waals surface area contributed by atoms with Crippen molar-refractivity contribution in [1.29, 1.82) is 0 Å². The van der Waals surface area contributed by atoms with Crippen LogP contribution >= 0.6 is 0 Å². The Hall–Kier alpha value is -2.11. The third-order valence-corrected chi connectivity index (χ3v) is 3.73. The average molecular weight is 277 g/mol. The average Bonchev–Trinajstić information content (AvgIpc) is 2.86. The molecule has 0 bridgehead atoms. The van der Waals surface area contributed by atoms with Crippen LogP contribution in [0.3, 0.4) is 0 Å². The molecule has 1 aliphatic carbocycles. The Labute approximate surface area is 117 Å². The van der Waals surface area contributed by atoms with Crippen LogP contribution in [0, 0.1) is 12.3 Å². The number of pyridine rings is 1. The maximum Gasteiger partial charge on any atom is 0.319 e. The van der Waals surface area contributed by atoms with Gasteiger partial charge in [-0.05, 0) is 31.4 Å². The first-order valence-corrected chi connectivity index (χ1v) is 6.72. The number of nitrogens with zero attached hydrogens (tertiary/aromatic N) is 1. The molecule has 3 N–H and O–H groups in total. The van der Waals surface area contributed by atoms with Gasteiger partial charge in [0.05, 0.1) is 17.3 Å². The van der Waals surface area contributed by atoms with Crippen molar-refractivity contribution in [2.24, 2.45) is 5.41 Å². The van der Waals surface area contributed by atoms with E-state index in [4.69, 9.17) is 0 Å². The molecule has 1 aromatic heterocycles. The fourth-order valence-electron chi connectivity index (χ4n) is 2.57. The van der Waals surface area contributed by atoms with Gasteiger partial charge in [0, 0.05) is 12.7 Å². The molecule has 2 rings (SSSR count). The summed E-state index contributed by atoms with van der Waals surface area (Å²) in [4.78, 5) is 27.1. The van der Waals surface area contributed by atoms with Gasteiger partial charge in [-0.1, -0.05) is 12.8 Å². The predicted molar refractivity (Wildman–Crippen MR) is 74.5 cm³/mol. The van der Waals surface area contributed by atoms with Crippen molar-refractivity contribution in [2.45, 2.75) is 32.6 Å². The van der Waals surface area contributed by atoms with E-state index in [-0.39, 0.29) is 6.54 Å². The zero-order valence-corrected chi connectivity index (χ0v) is 11.5. The first-order valence-electron chi connectivity index (χ1n) is 6.72. The third kappa shape index (κ3) is 3.26. The minimum Gasteiger partial charge on any atom is -0.481 e. The van der Waals surface area contributed by atoms with Gasteiger partial charge in [0.15, 0.2) is 0 Å². The Morgan fingerprint density at radius 2 is 2.05 bits per heavy atom. The monoisotopic (exact) mass is 277 g/mol. The third-order valence-electron chi connectivity index (χ3n) is 3.73. The number of amides is 2. The fraction of sp³-hybridized carbons (Fsp3) is 0.500. The molecule has 6 nitrogen and oxygen atoms in total. The maximum absolute atomic E-state index is 11.8. The first-order chi connectivity index (χ1) is 9.52. The van der Waals surface area contributed by atoms with Gasteiger partial charge in [0.25, 0.3) is 0 Å². The standard InChI is InChI=1S/C14H19N3O3/c1-10-6-11(8-15-7-10)17-13(20)16-9-14(12(18)19)4-2-3-5-14/h6-8H,2-5,9H2,1H3,(H,18,19)(H2,16,17,20). The van der Waals surface area contributed by atoms with Crippen molar-refractivity contribution in [2.75, 3.05) is 11.9 Å². The molecular weight excluding hydrogens is 258 g/mol. The largest absolute Gasteiger partial charge is 0.481 e. The zero-order valence-electron chi connectivity index (χ0n) is 11.5. The number of hydrogen-bond acceptors (Lipinski definition) is 3. The van der Waals surface area contributed by atoms with Crippen LogP contribution in [0.15, 0.2) is 18.5 Å². The summed E-state index contributed by atoms with van der Waals surface area (Å²) in [5.41, 5.74) is 0.737. The van der Waals surface area contributed by atoms with Crippen LogP contribution in [0.25, 0.3) is 0 Å². The molecule has 20 heavy (non-hydrogen) atoms. The van der Waals surface area contributed by atoms with Gasteiger partial charge in [0.2, 0.25) is 0 Å². The van der Waals surface area contributed by atoms with Gasteiger partial charge in [-0.15, -0.1) is 0 Å². The van der Waals surface area contributed by atoms with E-state index in [0.29, 0.717) is 18.5 Å². The Morgan fingerprint density at radius 3 is 2.65 bits per heavy atom. The molecule has 0 aliphatic heterocycles. The number of hydrogen-bond donors (Lipinski definition) is 3. The summed E-state index contributed by atoms with van der Waals surface area (Å²) in [7, 11) is 0. The summed E-state index contributed by atoms with van der Waals surface area (Å²) in [5.74, 6) is -0.826. The summed E-state index contributed by atoms with van der Waals surface area (Å²) in [6.07, 6.45) is 6.29. The molecule has 1 heterocycles. The molecule has 0 radical (unpaired) electrons. The van der Waals surface area contributed by atoms with Crippen molar-refractivity contribution < 1.29 is 14.7 Å². The van der Waals surface area contributed by atoms with E-state index in [0.717, 1.165) is 18.4 Å². The van der Waals surface area contributed by atoms with Gasteiger partial charge < -0.3 is 15.7 Å². The number of carboxylic acid groups (broad SMARTS) is 1. The van der Waals surface area contributed by atoms with E-state index in [1.807, 2.05) is 6.92 Å². The highest BCUT2D eigenvalue weighted by molar-refractivity contribution is 5.89. The Balaban J connectivity index is 1.90. The van der Waals surface area contributed by atoms with Crippen LogP contribution in [0.2, 0.25) is 0 Å². The highest BCUT2D eigenvalue weighted by Gasteiger charge is 2.41. The molecule has 1 fully saturated rings. The molecule has 0 saturated heterocycles. The molecule has 1 aliphatic rings. The number of aliphatic carboxylic acids is 1. The summed E-state index contributed by atoms with van der Waals surface area (Å²) in [6, 6.07) is 1.40. The topological polar surface area (TPSA) is 91.3 Å². The number of carbonyl (C=O) groups excluding carboxylic acids is 1. The molecule has 2 amide bonds. The fourth-order valence-corrected chi connectivity index (χ4v) is 2.57. The number of rotatable bonds is 4. The SMILES string of the molecule is Cc1cncc(NC(=O)NCC2(C(=O)O)CCCC2)c1. The second-order valence-corrected chi connectivity index (χ2v) is 5.35. The van der Waals surface area contributed by atoms with E-state index < -0.39 is 17.4 Å². The van der Waals surface area contributed by atoms with Crippen LogP contribution in [-0.2, 0) is 4.79 Å². The van der Waals surface area contributed by atoms with Crippen molar-refractivity contribution >= 4 is 17.7 Å². The lowest BCUT2D eigenvalue weighted by Crippen LogP contribution is -2.42. The van der Waals surface area contributed by atoms with Gasteiger partial charge in [-0.25, -0.2) is 4.79 Å². The number of nitrogens with one attached hydrogen (secondary N) is 2. The van der Waals surface area contributed by atoms with E-state index in [1.165, 1.54) is 0 Å². The number of urea groups is 1. The Bertz CT molecular complexity index is 510. The highest BCUT2D eigenvalue weighted by Crippen LogP contribution is 2.37. The van der Waals surface area contributed by atoms with E-state index in [1.54, 1.807) is 18.5 Å². The van der Waals surface area contributed by atoms with Crippen molar-refractivity contribution in [3.05, 3.63) is 24.0 Å². The quantitative estimate of drug-likeness (QED) is 0.786. The summed E-state index contributed by atoms with van der Waals surface area (Å²) in [5, 5.41) is 14.6. The highest BCUT2D eigenvalue weighted by atomic mass is 16.4. The Kier molecular flexibility index (Phi) is 4.22. The van der Waals surface area contributed by atoms with Crippen LogP contribution in [-0.4, -0.2) is 28.6 Å². The molecular formula is C14H19N3O3. The van der Waals surface area contributed by atoms with Crippen LogP contribution < -0.4 is 10.6 Å². The van der Waals surface area contributed by atoms with Crippen molar-refractivity contribution in [3.8, 4) is 0 Å². The number of anilines is 1. The summed E-state index contributed by atoms with van der Waals surface area (Å²) >= 11 is 0. The maximum atomic E-state index is 11.8.